The average Bonchev–Trinajstić information content (AvgIpc) is 2.79. The zero-order valence-corrected chi connectivity index (χ0v) is 21.1. The number of aryl methyl sites for hydroxylation is 1. The zero-order chi connectivity index (χ0) is 25.1. The highest BCUT2D eigenvalue weighted by atomic mass is 35.5. The Morgan fingerprint density at radius 3 is 2.43 bits per heavy atom. The van der Waals surface area contributed by atoms with Crippen LogP contribution in [-0.2, 0) is 9.59 Å². The van der Waals surface area contributed by atoms with E-state index >= 15 is 0 Å². The van der Waals surface area contributed by atoms with Gasteiger partial charge in [-0.05, 0) is 72.9 Å². The van der Waals surface area contributed by atoms with E-state index in [1.165, 1.54) is 0 Å². The highest BCUT2D eigenvalue weighted by Crippen LogP contribution is 2.41. The molecule has 5 nitrogen and oxygen atoms in total. The van der Waals surface area contributed by atoms with Crippen molar-refractivity contribution in [1.29, 1.82) is 0 Å². The molecular formula is C29H31ClN2O3. The lowest BCUT2D eigenvalue weighted by Crippen LogP contribution is -2.31. The first-order valence-corrected chi connectivity index (χ1v) is 12.5. The van der Waals surface area contributed by atoms with E-state index in [0.29, 0.717) is 10.9 Å². The van der Waals surface area contributed by atoms with Crippen LogP contribution in [0.15, 0.2) is 54.7 Å². The summed E-state index contributed by atoms with van der Waals surface area (Å²) in [5.41, 5.74) is 6.35. The molecule has 1 saturated carbocycles. The molecule has 0 spiro atoms. The fourth-order valence-electron chi connectivity index (χ4n) is 4.86. The molecule has 0 radical (unpaired) electrons. The van der Waals surface area contributed by atoms with Gasteiger partial charge < -0.3 is 10.4 Å². The summed E-state index contributed by atoms with van der Waals surface area (Å²) in [6, 6.07) is 15.7. The van der Waals surface area contributed by atoms with Crippen LogP contribution in [0.5, 0.6) is 0 Å². The van der Waals surface area contributed by atoms with E-state index in [1.54, 1.807) is 0 Å². The lowest BCUT2D eigenvalue weighted by Gasteiger charge is -2.33. The van der Waals surface area contributed by atoms with Crippen LogP contribution < -0.4 is 5.32 Å². The Morgan fingerprint density at radius 1 is 1.11 bits per heavy atom. The van der Waals surface area contributed by atoms with Gasteiger partial charge in [0.25, 0.3) is 0 Å². The van der Waals surface area contributed by atoms with Gasteiger partial charge in [-0.15, -0.1) is 0 Å². The van der Waals surface area contributed by atoms with Gasteiger partial charge in [-0.25, -0.2) is 0 Å². The number of aliphatic carboxylic acids is 1. The number of rotatable bonds is 8. The SMILES string of the molecule is Cc1ncc(-c2ccc([C@H](C(=O)Nc3cccc([C@@H](C)CC(=O)O)c3C)C3CCC3)cc2)cc1Cl. The molecule has 2 N–H and O–H groups in total. The van der Waals surface area contributed by atoms with Crippen LogP contribution in [0.25, 0.3) is 11.1 Å². The normalized spacial score (nSPS) is 15.2. The van der Waals surface area contributed by atoms with E-state index in [-0.39, 0.29) is 24.2 Å². The van der Waals surface area contributed by atoms with Crippen LogP contribution in [0.1, 0.15) is 66.8 Å². The van der Waals surface area contributed by atoms with Crippen LogP contribution >= 0.6 is 11.6 Å². The molecule has 0 aliphatic heterocycles. The Balaban J connectivity index is 1.57. The Bertz CT molecular complexity index is 1240. The van der Waals surface area contributed by atoms with Crippen LogP contribution in [0.4, 0.5) is 5.69 Å². The van der Waals surface area contributed by atoms with Gasteiger partial charge in [-0.3, -0.25) is 14.6 Å². The highest BCUT2D eigenvalue weighted by Gasteiger charge is 2.34. The molecule has 0 saturated heterocycles. The Morgan fingerprint density at radius 2 is 1.83 bits per heavy atom. The summed E-state index contributed by atoms with van der Waals surface area (Å²) < 4.78 is 0. The maximum Gasteiger partial charge on any atom is 0.303 e. The molecule has 2 atom stereocenters. The van der Waals surface area contributed by atoms with Crippen molar-refractivity contribution in [3.8, 4) is 11.1 Å². The summed E-state index contributed by atoms with van der Waals surface area (Å²) in [4.78, 5) is 29.1. The van der Waals surface area contributed by atoms with E-state index in [4.69, 9.17) is 11.6 Å². The molecule has 35 heavy (non-hydrogen) atoms. The van der Waals surface area contributed by atoms with E-state index < -0.39 is 5.97 Å². The third-order valence-electron chi connectivity index (χ3n) is 7.18. The number of anilines is 1. The summed E-state index contributed by atoms with van der Waals surface area (Å²) in [6.07, 6.45) is 5.07. The second kappa shape index (κ2) is 10.6. The lowest BCUT2D eigenvalue weighted by atomic mass is 9.72. The number of carboxylic acid groups (broad SMARTS) is 1. The lowest BCUT2D eigenvalue weighted by molar-refractivity contribution is -0.137. The molecule has 0 bridgehead atoms. The minimum Gasteiger partial charge on any atom is -0.481 e. The molecule has 6 heteroatoms. The molecule has 4 rings (SSSR count). The average molecular weight is 491 g/mol. The number of halogens is 1. The van der Waals surface area contributed by atoms with Crippen molar-refractivity contribution < 1.29 is 14.7 Å². The number of hydrogen-bond donors (Lipinski definition) is 2. The molecule has 3 aromatic rings. The van der Waals surface area contributed by atoms with E-state index in [1.807, 2.05) is 75.5 Å². The molecule has 1 fully saturated rings. The topological polar surface area (TPSA) is 79.3 Å². The highest BCUT2D eigenvalue weighted by molar-refractivity contribution is 6.31. The van der Waals surface area contributed by atoms with Crippen molar-refractivity contribution in [3.05, 3.63) is 82.1 Å². The maximum atomic E-state index is 13.6. The predicted octanol–water partition coefficient (Wildman–Crippen LogP) is 7.12. The van der Waals surface area contributed by atoms with Crippen molar-refractivity contribution in [1.82, 2.24) is 4.98 Å². The number of nitrogens with one attached hydrogen (secondary N) is 1. The molecule has 1 aliphatic carbocycles. The Labute approximate surface area is 211 Å². The van der Waals surface area contributed by atoms with Crippen LogP contribution in [0.3, 0.4) is 0 Å². The Hall–Kier alpha value is -3.18. The minimum atomic E-state index is -0.830. The summed E-state index contributed by atoms with van der Waals surface area (Å²) in [5.74, 6) is -0.913. The smallest absolute Gasteiger partial charge is 0.303 e. The number of aromatic nitrogens is 1. The number of amides is 1. The third kappa shape index (κ3) is 5.57. The summed E-state index contributed by atoms with van der Waals surface area (Å²) >= 11 is 6.26. The van der Waals surface area contributed by atoms with Gasteiger partial charge in [0, 0.05) is 17.4 Å². The molecule has 1 aromatic heterocycles. The van der Waals surface area contributed by atoms with Crippen molar-refractivity contribution >= 4 is 29.2 Å². The fraction of sp³-hybridized carbons (Fsp3) is 0.345. The summed E-state index contributed by atoms with van der Waals surface area (Å²) in [5, 5.41) is 13.0. The van der Waals surface area contributed by atoms with Gasteiger partial charge in [-0.1, -0.05) is 61.3 Å². The minimum absolute atomic E-state index is 0.0198. The first kappa shape index (κ1) is 24.9. The van der Waals surface area contributed by atoms with Crippen LogP contribution in [0.2, 0.25) is 5.02 Å². The van der Waals surface area contributed by atoms with Gasteiger partial charge in [-0.2, -0.15) is 0 Å². The van der Waals surface area contributed by atoms with Crippen molar-refractivity contribution in [2.75, 3.05) is 5.32 Å². The molecule has 2 aromatic carbocycles. The van der Waals surface area contributed by atoms with Crippen LogP contribution in [0, 0.1) is 19.8 Å². The quantitative estimate of drug-likeness (QED) is 0.352. The number of carbonyl (C=O) groups excluding carboxylic acids is 1. The maximum absolute atomic E-state index is 13.6. The monoisotopic (exact) mass is 490 g/mol. The molecule has 0 unspecified atom stereocenters. The number of benzene rings is 2. The molecule has 1 aliphatic rings. The Kier molecular flexibility index (Phi) is 7.56. The summed E-state index contributed by atoms with van der Waals surface area (Å²) in [6.45, 7) is 5.72. The molecule has 1 heterocycles. The van der Waals surface area contributed by atoms with Gasteiger partial charge in [0.05, 0.1) is 23.1 Å². The van der Waals surface area contributed by atoms with E-state index in [9.17, 15) is 14.7 Å². The van der Waals surface area contributed by atoms with Crippen LogP contribution in [-0.4, -0.2) is 22.0 Å². The first-order chi connectivity index (χ1) is 16.7. The summed E-state index contributed by atoms with van der Waals surface area (Å²) in [7, 11) is 0. The second-order valence-corrected chi connectivity index (χ2v) is 10.00. The predicted molar refractivity (Wildman–Crippen MR) is 140 cm³/mol. The number of hydrogen-bond acceptors (Lipinski definition) is 3. The van der Waals surface area contributed by atoms with Crippen molar-refractivity contribution in [2.24, 2.45) is 5.92 Å². The van der Waals surface area contributed by atoms with Crippen molar-refractivity contribution in [2.45, 2.75) is 58.3 Å². The van der Waals surface area contributed by atoms with Gasteiger partial charge in [0.2, 0.25) is 5.91 Å². The molecular weight excluding hydrogens is 460 g/mol. The fourth-order valence-corrected chi connectivity index (χ4v) is 5.03. The number of pyridine rings is 1. The number of nitrogens with zero attached hydrogens (tertiary/aromatic N) is 1. The van der Waals surface area contributed by atoms with Crippen molar-refractivity contribution in [3.63, 3.8) is 0 Å². The largest absolute Gasteiger partial charge is 0.481 e. The van der Waals surface area contributed by atoms with E-state index in [0.717, 1.165) is 58.5 Å². The second-order valence-electron chi connectivity index (χ2n) is 9.59. The number of carbonyl (C=O) groups is 2. The van der Waals surface area contributed by atoms with Gasteiger partial charge >= 0.3 is 5.97 Å². The van der Waals surface area contributed by atoms with Gasteiger partial charge in [0.15, 0.2) is 0 Å². The third-order valence-corrected chi connectivity index (χ3v) is 7.56. The molecule has 1 amide bonds. The number of carboxylic acids is 1. The molecule has 182 valence electrons. The standard InChI is InChI=1S/C29H31ClN2O3/c1-17(14-27(33)34)24-8-5-9-26(18(24)2)32-29(35)28(21-6-4-7-21)22-12-10-20(11-13-22)23-15-25(30)19(3)31-16-23/h5,8-13,15-17,21,28H,4,6-7,14H2,1-3H3,(H,32,35)(H,33,34)/t17-,28+/m0/s1. The first-order valence-electron chi connectivity index (χ1n) is 12.1. The zero-order valence-electron chi connectivity index (χ0n) is 20.3. The van der Waals surface area contributed by atoms with E-state index in [2.05, 4.69) is 10.3 Å². The van der Waals surface area contributed by atoms with Gasteiger partial charge in [0.1, 0.15) is 0 Å².